The van der Waals surface area contributed by atoms with Crippen molar-refractivity contribution in [1.82, 2.24) is 9.88 Å². The highest BCUT2D eigenvalue weighted by Crippen LogP contribution is 2.29. The van der Waals surface area contributed by atoms with Crippen molar-refractivity contribution in [2.24, 2.45) is 0 Å². The predicted molar refractivity (Wildman–Crippen MR) is 74.5 cm³/mol. The normalized spacial score (nSPS) is 14.3. The first-order valence-corrected chi connectivity index (χ1v) is 6.78. The second-order valence-corrected chi connectivity index (χ2v) is 5.13. The molecule has 98 valence electrons. The van der Waals surface area contributed by atoms with Gasteiger partial charge in [-0.1, -0.05) is 30.3 Å². The summed E-state index contributed by atoms with van der Waals surface area (Å²) in [5.74, 6) is 0.231. The van der Waals surface area contributed by atoms with Crippen molar-refractivity contribution in [2.75, 3.05) is 0 Å². The fourth-order valence-electron chi connectivity index (χ4n) is 2.33. The maximum Gasteiger partial charge on any atom is 0.227 e. The molecule has 0 aliphatic heterocycles. The fourth-order valence-corrected chi connectivity index (χ4v) is 2.33. The van der Waals surface area contributed by atoms with Gasteiger partial charge in [0, 0.05) is 25.0 Å². The second-order valence-electron chi connectivity index (χ2n) is 5.13. The van der Waals surface area contributed by atoms with Crippen molar-refractivity contribution in [3.8, 4) is 0 Å². The lowest BCUT2D eigenvalue weighted by Gasteiger charge is -2.22. The van der Waals surface area contributed by atoms with E-state index >= 15 is 0 Å². The molecule has 1 aromatic heterocycles. The molecule has 0 spiro atoms. The van der Waals surface area contributed by atoms with Crippen LogP contribution < -0.4 is 0 Å². The Morgan fingerprint density at radius 3 is 2.58 bits per heavy atom. The van der Waals surface area contributed by atoms with E-state index in [1.54, 1.807) is 0 Å². The van der Waals surface area contributed by atoms with Gasteiger partial charge in [0.05, 0.1) is 6.42 Å². The molecule has 3 rings (SSSR count). The SMILES string of the molecule is O=C(Cc1ccccc1)N(Cc1cc[nH]c1)C1CC1. The van der Waals surface area contributed by atoms with E-state index in [-0.39, 0.29) is 5.91 Å². The van der Waals surface area contributed by atoms with Crippen LogP contribution in [0.15, 0.2) is 48.8 Å². The highest BCUT2D eigenvalue weighted by atomic mass is 16.2. The molecule has 0 atom stereocenters. The van der Waals surface area contributed by atoms with E-state index in [1.165, 1.54) is 5.56 Å². The largest absolute Gasteiger partial charge is 0.367 e. The second kappa shape index (κ2) is 5.31. The molecule has 0 bridgehead atoms. The lowest BCUT2D eigenvalue weighted by atomic mass is 10.1. The summed E-state index contributed by atoms with van der Waals surface area (Å²) in [4.78, 5) is 17.5. The molecule has 2 aromatic rings. The quantitative estimate of drug-likeness (QED) is 0.875. The van der Waals surface area contributed by atoms with Crippen molar-refractivity contribution < 1.29 is 4.79 Å². The average molecular weight is 254 g/mol. The molecule has 19 heavy (non-hydrogen) atoms. The molecule has 1 fully saturated rings. The maximum absolute atomic E-state index is 12.4. The third-order valence-electron chi connectivity index (χ3n) is 3.52. The molecule has 3 heteroatoms. The van der Waals surface area contributed by atoms with E-state index in [2.05, 4.69) is 4.98 Å². The molecule has 1 aliphatic rings. The van der Waals surface area contributed by atoms with E-state index in [4.69, 9.17) is 0 Å². The summed E-state index contributed by atoms with van der Waals surface area (Å²) in [6.07, 6.45) is 6.66. The number of carbonyl (C=O) groups is 1. The lowest BCUT2D eigenvalue weighted by molar-refractivity contribution is -0.131. The summed E-state index contributed by atoms with van der Waals surface area (Å²) in [6, 6.07) is 12.5. The minimum absolute atomic E-state index is 0.231. The zero-order chi connectivity index (χ0) is 13.1. The summed E-state index contributed by atoms with van der Waals surface area (Å²) in [7, 11) is 0. The van der Waals surface area contributed by atoms with Crippen LogP contribution in [0.5, 0.6) is 0 Å². The monoisotopic (exact) mass is 254 g/mol. The number of rotatable bonds is 5. The number of benzene rings is 1. The van der Waals surface area contributed by atoms with Crippen LogP contribution in [0, 0.1) is 0 Å². The van der Waals surface area contributed by atoms with Crippen molar-refractivity contribution in [2.45, 2.75) is 31.8 Å². The third-order valence-corrected chi connectivity index (χ3v) is 3.52. The first-order valence-electron chi connectivity index (χ1n) is 6.78. The number of H-pyrrole nitrogens is 1. The molecule has 1 heterocycles. The van der Waals surface area contributed by atoms with Crippen LogP contribution in [0.4, 0.5) is 0 Å². The number of nitrogens with one attached hydrogen (secondary N) is 1. The summed E-state index contributed by atoms with van der Waals surface area (Å²) < 4.78 is 0. The van der Waals surface area contributed by atoms with Crippen molar-refractivity contribution in [1.29, 1.82) is 0 Å². The lowest BCUT2D eigenvalue weighted by Crippen LogP contribution is -2.33. The molecular weight excluding hydrogens is 236 g/mol. The van der Waals surface area contributed by atoms with Gasteiger partial charge in [0.15, 0.2) is 0 Å². The maximum atomic E-state index is 12.4. The Morgan fingerprint density at radius 1 is 1.16 bits per heavy atom. The van der Waals surface area contributed by atoms with Gasteiger partial charge in [0.25, 0.3) is 0 Å². The van der Waals surface area contributed by atoms with E-state index in [1.807, 2.05) is 53.7 Å². The molecule has 1 aliphatic carbocycles. The molecule has 1 N–H and O–H groups in total. The first kappa shape index (κ1) is 12.0. The highest BCUT2D eigenvalue weighted by molar-refractivity contribution is 5.79. The Morgan fingerprint density at radius 2 is 1.95 bits per heavy atom. The minimum atomic E-state index is 0.231. The topological polar surface area (TPSA) is 36.1 Å². The van der Waals surface area contributed by atoms with E-state index in [0.29, 0.717) is 12.5 Å². The molecular formula is C16H18N2O. The van der Waals surface area contributed by atoms with Gasteiger partial charge in [-0.2, -0.15) is 0 Å². The molecule has 0 unspecified atom stereocenters. The fraction of sp³-hybridized carbons (Fsp3) is 0.312. The third kappa shape index (κ3) is 3.05. The standard InChI is InChI=1S/C16H18N2O/c19-16(10-13-4-2-1-3-5-13)18(15-6-7-15)12-14-8-9-17-11-14/h1-5,8-9,11,15,17H,6-7,10,12H2. The summed E-state index contributed by atoms with van der Waals surface area (Å²) >= 11 is 0. The Hall–Kier alpha value is -2.03. The smallest absolute Gasteiger partial charge is 0.227 e. The number of aromatic amines is 1. The highest BCUT2D eigenvalue weighted by Gasteiger charge is 2.32. The van der Waals surface area contributed by atoms with Gasteiger partial charge in [0.2, 0.25) is 5.91 Å². The predicted octanol–water partition coefficient (Wildman–Crippen LogP) is 2.75. The van der Waals surface area contributed by atoms with Crippen LogP contribution in [0.25, 0.3) is 0 Å². The summed E-state index contributed by atoms with van der Waals surface area (Å²) in [6.45, 7) is 0.722. The molecule has 1 saturated carbocycles. The van der Waals surface area contributed by atoms with Gasteiger partial charge in [-0.15, -0.1) is 0 Å². The summed E-state index contributed by atoms with van der Waals surface area (Å²) in [5.41, 5.74) is 2.26. The van der Waals surface area contributed by atoms with Crippen LogP contribution in [-0.2, 0) is 17.8 Å². The van der Waals surface area contributed by atoms with Crippen LogP contribution >= 0.6 is 0 Å². The number of hydrogen-bond donors (Lipinski definition) is 1. The Bertz CT molecular complexity index is 529. The van der Waals surface area contributed by atoms with E-state index < -0.39 is 0 Å². The van der Waals surface area contributed by atoms with Gasteiger partial charge < -0.3 is 9.88 Å². The average Bonchev–Trinajstić information content (AvgIpc) is 3.14. The van der Waals surface area contributed by atoms with Gasteiger partial charge in [-0.3, -0.25) is 4.79 Å². The van der Waals surface area contributed by atoms with Gasteiger partial charge in [-0.05, 0) is 30.0 Å². The molecule has 0 saturated heterocycles. The minimum Gasteiger partial charge on any atom is -0.367 e. The molecule has 1 aromatic carbocycles. The Balaban J connectivity index is 1.68. The van der Waals surface area contributed by atoms with Crippen molar-refractivity contribution in [3.05, 3.63) is 59.9 Å². The first-order chi connectivity index (χ1) is 9.33. The van der Waals surface area contributed by atoms with Crippen LogP contribution in [0.1, 0.15) is 24.0 Å². The number of hydrogen-bond acceptors (Lipinski definition) is 1. The van der Waals surface area contributed by atoms with E-state index in [9.17, 15) is 4.79 Å². The van der Waals surface area contributed by atoms with Gasteiger partial charge in [0.1, 0.15) is 0 Å². The zero-order valence-electron chi connectivity index (χ0n) is 10.9. The Kier molecular flexibility index (Phi) is 3.36. The van der Waals surface area contributed by atoms with Crippen molar-refractivity contribution in [3.63, 3.8) is 0 Å². The molecule has 0 radical (unpaired) electrons. The summed E-state index contributed by atoms with van der Waals surface area (Å²) in [5, 5.41) is 0. The van der Waals surface area contributed by atoms with Crippen LogP contribution in [0.3, 0.4) is 0 Å². The van der Waals surface area contributed by atoms with Crippen LogP contribution in [0.2, 0.25) is 0 Å². The molecule has 1 amide bonds. The van der Waals surface area contributed by atoms with E-state index in [0.717, 1.165) is 24.9 Å². The van der Waals surface area contributed by atoms with Gasteiger partial charge in [-0.25, -0.2) is 0 Å². The van der Waals surface area contributed by atoms with Gasteiger partial charge >= 0.3 is 0 Å². The number of carbonyl (C=O) groups excluding carboxylic acids is 1. The Labute approximate surface area is 113 Å². The number of aromatic nitrogens is 1. The van der Waals surface area contributed by atoms with Crippen LogP contribution in [-0.4, -0.2) is 21.8 Å². The molecule has 3 nitrogen and oxygen atoms in total. The zero-order valence-corrected chi connectivity index (χ0v) is 10.9. The van der Waals surface area contributed by atoms with Crippen molar-refractivity contribution >= 4 is 5.91 Å². The number of amides is 1. The number of nitrogens with zero attached hydrogens (tertiary/aromatic N) is 1.